The molecule has 0 aromatic heterocycles. The summed E-state index contributed by atoms with van der Waals surface area (Å²) in [7, 11) is 1.41. The van der Waals surface area contributed by atoms with Crippen molar-refractivity contribution in [2.75, 3.05) is 44.9 Å². The van der Waals surface area contributed by atoms with Crippen molar-refractivity contribution in [2.45, 2.75) is 56.8 Å². The van der Waals surface area contributed by atoms with Gasteiger partial charge >= 0.3 is 6.09 Å². The number of hydrogen-bond acceptors (Lipinski definition) is 10. The van der Waals surface area contributed by atoms with Crippen molar-refractivity contribution in [1.29, 1.82) is 0 Å². The van der Waals surface area contributed by atoms with Gasteiger partial charge in [-0.05, 0) is 36.3 Å². The number of methoxy groups -OCH3 is 1. The number of nitrogens with zero attached hydrogens (tertiary/aromatic N) is 2. The molecule has 1 atom stereocenters. The summed E-state index contributed by atoms with van der Waals surface area (Å²) in [6.45, 7) is 5.39. The van der Waals surface area contributed by atoms with E-state index in [-0.39, 0.29) is 77.9 Å². The van der Waals surface area contributed by atoms with Crippen LogP contribution in [0.5, 0.6) is 11.5 Å². The Morgan fingerprint density at radius 3 is 2.44 bits per heavy atom. The zero-order valence-electron chi connectivity index (χ0n) is 26.0. The minimum atomic E-state index is -0.581. The highest BCUT2D eigenvalue weighted by Crippen LogP contribution is 2.39. The number of alkyl carbamates (subject to hydrolysis) is 1. The highest BCUT2D eigenvalue weighted by atomic mass is 32.2. The molecule has 1 heterocycles. The average Bonchev–Trinajstić information content (AvgIpc) is 3.54. The normalized spacial score (nSPS) is 14.2. The standard InChI is InChI=1S/C31H42N4O8S2/c1-4-44-30(45-5-2)24-13-9-17-34(24)29(37)23-19-26(41-3)27(20-25(23)35(39)40)42-18-10-14-28(36)32-15-16-33-31(38)43-21-22-11-7-6-8-12-22/h6-8,11-12,19-20,24,30H,4-5,9-10,13-18,21H2,1-3H3,(H,32,36)(H,33,38)/t24-/m0/s1. The Kier molecular flexibility index (Phi) is 15.1. The van der Waals surface area contributed by atoms with Crippen molar-refractivity contribution in [2.24, 2.45) is 0 Å². The number of thioether (sulfide) groups is 2. The van der Waals surface area contributed by atoms with E-state index in [9.17, 15) is 24.5 Å². The van der Waals surface area contributed by atoms with Crippen molar-refractivity contribution < 1.29 is 33.5 Å². The topological polar surface area (TPSA) is 149 Å². The maximum Gasteiger partial charge on any atom is 0.407 e. The largest absolute Gasteiger partial charge is 0.493 e. The van der Waals surface area contributed by atoms with Gasteiger partial charge in [0, 0.05) is 32.1 Å². The van der Waals surface area contributed by atoms with Crippen LogP contribution in [0, 0.1) is 10.1 Å². The first-order chi connectivity index (χ1) is 21.8. The summed E-state index contributed by atoms with van der Waals surface area (Å²) in [5, 5.41) is 17.3. The summed E-state index contributed by atoms with van der Waals surface area (Å²) < 4.78 is 16.5. The van der Waals surface area contributed by atoms with E-state index in [1.54, 1.807) is 28.4 Å². The fraction of sp³-hybridized carbons (Fsp3) is 0.516. The molecule has 0 spiro atoms. The Hall–Kier alpha value is -3.65. The van der Waals surface area contributed by atoms with Crippen LogP contribution in [0.25, 0.3) is 0 Å². The maximum atomic E-state index is 13.7. The number of likely N-dealkylation sites (tertiary alicyclic amines) is 1. The van der Waals surface area contributed by atoms with Crippen molar-refractivity contribution in [3.63, 3.8) is 0 Å². The molecule has 0 saturated carbocycles. The Labute approximate surface area is 272 Å². The minimum Gasteiger partial charge on any atom is -0.493 e. The summed E-state index contributed by atoms with van der Waals surface area (Å²) in [6.07, 6.45) is 1.60. The zero-order valence-corrected chi connectivity index (χ0v) is 27.6. The van der Waals surface area contributed by atoms with E-state index in [0.29, 0.717) is 13.0 Å². The molecule has 3 amide bonds. The molecule has 0 bridgehead atoms. The van der Waals surface area contributed by atoms with Gasteiger partial charge < -0.3 is 29.7 Å². The number of ether oxygens (including phenoxy) is 3. The lowest BCUT2D eigenvalue weighted by molar-refractivity contribution is -0.385. The number of nitro groups is 1. The molecule has 1 aliphatic heterocycles. The van der Waals surface area contributed by atoms with Crippen LogP contribution in [-0.2, 0) is 16.1 Å². The van der Waals surface area contributed by atoms with E-state index in [4.69, 9.17) is 14.2 Å². The Balaban J connectivity index is 1.49. The first kappa shape index (κ1) is 35.8. The molecule has 12 nitrogen and oxygen atoms in total. The Morgan fingerprint density at radius 1 is 1.07 bits per heavy atom. The van der Waals surface area contributed by atoms with Crippen LogP contribution in [0.15, 0.2) is 42.5 Å². The number of amides is 3. The second-order valence-corrected chi connectivity index (χ2v) is 13.2. The van der Waals surface area contributed by atoms with Gasteiger partial charge in [0.15, 0.2) is 11.5 Å². The van der Waals surface area contributed by atoms with E-state index in [2.05, 4.69) is 24.5 Å². The monoisotopic (exact) mass is 662 g/mol. The number of benzene rings is 2. The SMILES string of the molecule is CCSC(SCC)[C@@H]1CCCN1C(=O)c1cc(OC)c(OCCCC(=O)NCCNC(=O)OCc2ccccc2)cc1[N+](=O)[O-]. The summed E-state index contributed by atoms with van der Waals surface area (Å²) in [5.41, 5.74) is 0.489. The third-order valence-electron chi connectivity index (χ3n) is 6.98. The van der Waals surface area contributed by atoms with Gasteiger partial charge in [0.2, 0.25) is 5.91 Å². The quantitative estimate of drug-likeness (QED) is 0.0939. The van der Waals surface area contributed by atoms with Crippen molar-refractivity contribution in [1.82, 2.24) is 15.5 Å². The number of nitrogens with one attached hydrogen (secondary N) is 2. The lowest BCUT2D eigenvalue weighted by Gasteiger charge is -2.31. The van der Waals surface area contributed by atoms with E-state index >= 15 is 0 Å². The molecule has 0 unspecified atom stereocenters. The third-order valence-corrected chi connectivity index (χ3v) is 9.75. The number of carbonyl (C=O) groups excluding carboxylic acids is 3. The molecule has 2 aromatic rings. The maximum absolute atomic E-state index is 13.7. The second kappa shape index (κ2) is 19.0. The minimum absolute atomic E-state index is 0.00989. The third kappa shape index (κ3) is 11.0. The Morgan fingerprint density at radius 2 is 1.78 bits per heavy atom. The molecule has 2 aromatic carbocycles. The lowest BCUT2D eigenvalue weighted by atomic mass is 10.1. The van der Waals surface area contributed by atoms with Gasteiger partial charge in [0.05, 0.1) is 35.3 Å². The van der Waals surface area contributed by atoms with Gasteiger partial charge in [-0.1, -0.05) is 44.2 Å². The predicted molar refractivity (Wildman–Crippen MR) is 176 cm³/mol. The molecular weight excluding hydrogens is 620 g/mol. The van der Waals surface area contributed by atoms with Crippen molar-refractivity contribution in [3.8, 4) is 11.5 Å². The molecule has 45 heavy (non-hydrogen) atoms. The van der Waals surface area contributed by atoms with Gasteiger partial charge in [0.1, 0.15) is 12.2 Å². The number of nitro benzene ring substituents is 1. The summed E-state index contributed by atoms with van der Waals surface area (Å²) in [4.78, 5) is 50.9. The van der Waals surface area contributed by atoms with Gasteiger partial charge in [-0.3, -0.25) is 19.7 Å². The fourth-order valence-corrected chi connectivity index (χ4v) is 7.74. The van der Waals surface area contributed by atoms with E-state index < -0.39 is 11.0 Å². The second-order valence-electron chi connectivity index (χ2n) is 10.1. The van der Waals surface area contributed by atoms with Gasteiger partial charge in [-0.25, -0.2) is 4.79 Å². The molecule has 2 N–H and O–H groups in total. The van der Waals surface area contributed by atoms with Crippen LogP contribution in [0.4, 0.5) is 10.5 Å². The van der Waals surface area contributed by atoms with Crippen LogP contribution >= 0.6 is 23.5 Å². The number of rotatable bonds is 18. The summed E-state index contributed by atoms with van der Waals surface area (Å²) in [6, 6.07) is 11.9. The van der Waals surface area contributed by atoms with Crippen LogP contribution < -0.4 is 20.1 Å². The molecule has 1 fully saturated rings. The van der Waals surface area contributed by atoms with Crippen LogP contribution in [-0.4, -0.2) is 83.2 Å². The molecule has 3 rings (SSSR count). The van der Waals surface area contributed by atoms with Crippen LogP contribution in [0.3, 0.4) is 0 Å². The molecule has 1 saturated heterocycles. The molecular formula is C31H42N4O8S2. The van der Waals surface area contributed by atoms with Crippen LogP contribution in [0.1, 0.15) is 55.5 Å². The lowest BCUT2D eigenvalue weighted by Crippen LogP contribution is -2.41. The smallest absolute Gasteiger partial charge is 0.407 e. The van der Waals surface area contributed by atoms with Gasteiger partial charge in [-0.2, -0.15) is 0 Å². The molecule has 246 valence electrons. The first-order valence-electron chi connectivity index (χ1n) is 15.0. The number of hydrogen-bond donors (Lipinski definition) is 2. The highest BCUT2D eigenvalue weighted by molar-refractivity contribution is 8.17. The van der Waals surface area contributed by atoms with E-state index in [1.165, 1.54) is 19.2 Å². The van der Waals surface area contributed by atoms with Crippen LogP contribution in [0.2, 0.25) is 0 Å². The van der Waals surface area contributed by atoms with E-state index in [0.717, 1.165) is 29.9 Å². The van der Waals surface area contributed by atoms with Gasteiger partial charge in [0.25, 0.3) is 11.6 Å². The summed E-state index contributed by atoms with van der Waals surface area (Å²) in [5.74, 6) is 1.54. The first-order valence-corrected chi connectivity index (χ1v) is 17.1. The van der Waals surface area contributed by atoms with Crippen molar-refractivity contribution in [3.05, 3.63) is 63.7 Å². The highest BCUT2D eigenvalue weighted by Gasteiger charge is 2.38. The predicted octanol–water partition coefficient (Wildman–Crippen LogP) is 5.24. The average molecular weight is 663 g/mol. The zero-order chi connectivity index (χ0) is 32.6. The molecule has 0 radical (unpaired) electrons. The fourth-order valence-electron chi connectivity index (χ4n) is 4.87. The summed E-state index contributed by atoms with van der Waals surface area (Å²) >= 11 is 3.59. The Bertz CT molecular complexity index is 1280. The van der Waals surface area contributed by atoms with Crippen molar-refractivity contribution >= 4 is 47.1 Å². The molecule has 14 heteroatoms. The van der Waals surface area contributed by atoms with Gasteiger partial charge in [-0.15, -0.1) is 23.5 Å². The van der Waals surface area contributed by atoms with E-state index in [1.807, 2.05) is 30.3 Å². The molecule has 0 aliphatic carbocycles. The molecule has 1 aliphatic rings. The number of carbonyl (C=O) groups is 3.